The Morgan fingerprint density at radius 2 is 1.33 bits per heavy atom. The van der Waals surface area contributed by atoms with Gasteiger partial charge < -0.3 is 0 Å². The molecule has 0 N–H and O–H groups in total. The van der Waals surface area contributed by atoms with Crippen molar-refractivity contribution >= 4 is 24.2 Å². The number of allylic oxidation sites excluding steroid dienone is 1. The first-order valence-corrected chi connectivity index (χ1v) is 17.1. The number of rotatable bonds is 10. The van der Waals surface area contributed by atoms with Gasteiger partial charge in [-0.05, 0) is 0 Å². The summed E-state index contributed by atoms with van der Waals surface area (Å²) in [6.07, 6.45) is 12.4. The molecule has 0 radical (unpaired) electrons. The summed E-state index contributed by atoms with van der Waals surface area (Å²) in [4.78, 5) is 12.3. The molecule has 0 unspecified atom stereocenters. The summed E-state index contributed by atoms with van der Waals surface area (Å²) in [6.45, 7) is 6.94. The van der Waals surface area contributed by atoms with Gasteiger partial charge in [-0.3, -0.25) is 0 Å². The summed E-state index contributed by atoms with van der Waals surface area (Å²) < 4.78 is 7.13. The third kappa shape index (κ3) is 6.88. The van der Waals surface area contributed by atoms with Crippen LogP contribution in [0.25, 0.3) is 0 Å². The van der Waals surface area contributed by atoms with Crippen LogP contribution >= 0.6 is 0 Å². The molecule has 21 heavy (non-hydrogen) atoms. The Balaban J connectivity index is 2.93. The van der Waals surface area contributed by atoms with Gasteiger partial charge in [-0.1, -0.05) is 0 Å². The predicted octanol–water partition coefficient (Wildman–Crippen LogP) is 6.44. The Labute approximate surface area is 136 Å². The molecule has 0 amide bonds. The van der Waals surface area contributed by atoms with Gasteiger partial charge in [0.2, 0.25) is 0 Å². The van der Waals surface area contributed by atoms with Crippen molar-refractivity contribution in [1.82, 2.24) is 0 Å². The zero-order chi connectivity index (χ0) is 15.6. The molecule has 1 aliphatic rings. The average Bonchev–Trinajstić information content (AvgIpc) is 2.51. The van der Waals surface area contributed by atoms with Gasteiger partial charge in [0.15, 0.2) is 0 Å². The molecule has 0 aromatic carbocycles. The molecular formula is C19H36OSn. The Hall–Kier alpha value is 0.209. The molecule has 0 aromatic rings. The van der Waals surface area contributed by atoms with Crippen LogP contribution in [0, 0.1) is 0 Å². The number of carbonyl (C=O) groups is 1. The van der Waals surface area contributed by atoms with Crippen molar-refractivity contribution in [2.45, 2.75) is 98.3 Å². The van der Waals surface area contributed by atoms with Crippen LogP contribution < -0.4 is 0 Å². The van der Waals surface area contributed by atoms with Crippen LogP contribution in [0.5, 0.6) is 0 Å². The second kappa shape index (κ2) is 10.9. The molecule has 122 valence electrons. The van der Waals surface area contributed by atoms with E-state index < -0.39 is 18.4 Å². The van der Waals surface area contributed by atoms with Crippen LogP contribution in [0.3, 0.4) is 0 Å². The first kappa shape index (κ1) is 19.3. The minimum atomic E-state index is -2.23. The van der Waals surface area contributed by atoms with E-state index in [-0.39, 0.29) is 0 Å². The molecule has 0 atom stereocenters. The van der Waals surface area contributed by atoms with Crippen LogP contribution in [0.1, 0.15) is 85.0 Å². The molecule has 1 fully saturated rings. The standard InChI is InChI=1S/C7H9O.3C4H9.Sn/c1-6-4-2-3-5-7(6)8;3*1-3-4-2;/h1H,2-5H2;3*1,3-4H2,2H3;. The first-order chi connectivity index (χ1) is 10.2. The normalized spacial score (nSPS) is 18.4. The van der Waals surface area contributed by atoms with Crippen molar-refractivity contribution in [1.29, 1.82) is 0 Å². The molecule has 2 heteroatoms. The van der Waals surface area contributed by atoms with E-state index in [9.17, 15) is 4.79 Å². The zero-order valence-corrected chi connectivity index (χ0v) is 17.5. The summed E-state index contributed by atoms with van der Waals surface area (Å²) in [6, 6.07) is 0. The van der Waals surface area contributed by atoms with Gasteiger partial charge in [0.05, 0.1) is 0 Å². The third-order valence-electron chi connectivity index (χ3n) is 5.02. The van der Waals surface area contributed by atoms with Gasteiger partial charge in [-0.25, -0.2) is 0 Å². The van der Waals surface area contributed by atoms with Crippen LogP contribution in [0.15, 0.2) is 9.67 Å². The summed E-state index contributed by atoms with van der Waals surface area (Å²) >= 11 is -2.23. The summed E-state index contributed by atoms with van der Waals surface area (Å²) in [5, 5.41) is 0. The van der Waals surface area contributed by atoms with E-state index in [0.717, 1.165) is 19.3 Å². The van der Waals surface area contributed by atoms with Crippen molar-refractivity contribution in [2.75, 3.05) is 0 Å². The van der Waals surface area contributed by atoms with Crippen molar-refractivity contribution in [3.8, 4) is 0 Å². The Bertz CT molecular complexity index is 311. The maximum atomic E-state index is 12.3. The predicted molar refractivity (Wildman–Crippen MR) is 96.5 cm³/mol. The molecule has 0 heterocycles. The van der Waals surface area contributed by atoms with Gasteiger partial charge >= 0.3 is 137 Å². The van der Waals surface area contributed by atoms with Crippen molar-refractivity contribution in [3.05, 3.63) is 9.67 Å². The fourth-order valence-corrected chi connectivity index (χ4v) is 19.0. The molecule has 1 nitrogen and oxygen atoms in total. The molecule has 0 aliphatic heterocycles. The molecule has 1 rings (SSSR count). The van der Waals surface area contributed by atoms with Gasteiger partial charge in [0.1, 0.15) is 0 Å². The minimum absolute atomic E-state index is 0.492. The zero-order valence-electron chi connectivity index (χ0n) is 14.7. The molecule has 0 saturated heterocycles. The number of Topliss-reactive ketones (excluding diaryl/α,β-unsaturated/α-hetero) is 1. The number of carbonyl (C=O) groups excluding carboxylic acids is 1. The van der Waals surface area contributed by atoms with E-state index in [1.807, 2.05) is 0 Å². The molecule has 1 saturated carbocycles. The van der Waals surface area contributed by atoms with E-state index in [1.54, 1.807) is 0 Å². The van der Waals surface area contributed by atoms with Crippen LogP contribution in [0.4, 0.5) is 0 Å². The van der Waals surface area contributed by atoms with E-state index in [2.05, 4.69) is 24.9 Å². The molecular weight excluding hydrogens is 363 g/mol. The van der Waals surface area contributed by atoms with Crippen LogP contribution in [-0.4, -0.2) is 24.2 Å². The number of unbranched alkanes of at least 4 members (excludes halogenated alkanes) is 3. The summed E-state index contributed by atoms with van der Waals surface area (Å²) in [7, 11) is 0. The fourth-order valence-electron chi connectivity index (χ4n) is 3.60. The number of hydrogen-bond acceptors (Lipinski definition) is 1. The van der Waals surface area contributed by atoms with Crippen LogP contribution in [-0.2, 0) is 4.79 Å². The second-order valence-electron chi connectivity index (χ2n) is 6.97. The van der Waals surface area contributed by atoms with E-state index in [0.29, 0.717) is 5.78 Å². The van der Waals surface area contributed by atoms with Gasteiger partial charge in [0, 0.05) is 0 Å². The topological polar surface area (TPSA) is 17.1 Å². The number of hydrogen-bond donors (Lipinski definition) is 0. The van der Waals surface area contributed by atoms with Crippen molar-refractivity contribution < 1.29 is 4.79 Å². The first-order valence-electron chi connectivity index (χ1n) is 9.42. The Kier molecular flexibility index (Phi) is 9.95. The van der Waals surface area contributed by atoms with E-state index in [4.69, 9.17) is 0 Å². The molecule has 0 bridgehead atoms. The third-order valence-corrected chi connectivity index (χ3v) is 19.3. The number of ketones is 1. The van der Waals surface area contributed by atoms with Crippen molar-refractivity contribution in [2.24, 2.45) is 0 Å². The Morgan fingerprint density at radius 1 is 0.857 bits per heavy atom. The van der Waals surface area contributed by atoms with Crippen molar-refractivity contribution in [3.63, 3.8) is 0 Å². The second-order valence-corrected chi connectivity index (χ2v) is 19.9. The maximum absolute atomic E-state index is 12.3. The monoisotopic (exact) mass is 400 g/mol. The molecule has 0 spiro atoms. The fraction of sp³-hybridized carbons (Fsp3) is 0.842. The summed E-state index contributed by atoms with van der Waals surface area (Å²) in [5.41, 5.74) is 1.26. The van der Waals surface area contributed by atoms with Crippen LogP contribution in [0.2, 0.25) is 13.3 Å². The van der Waals surface area contributed by atoms with Gasteiger partial charge in [-0.2, -0.15) is 0 Å². The summed E-state index contributed by atoms with van der Waals surface area (Å²) in [5.74, 6) is 0.492. The quantitative estimate of drug-likeness (QED) is 0.305. The van der Waals surface area contributed by atoms with E-state index >= 15 is 0 Å². The van der Waals surface area contributed by atoms with E-state index in [1.165, 1.54) is 63.8 Å². The average molecular weight is 399 g/mol. The van der Waals surface area contributed by atoms with Gasteiger partial charge in [-0.15, -0.1) is 0 Å². The molecule has 0 aromatic heterocycles. The molecule has 1 aliphatic carbocycles. The van der Waals surface area contributed by atoms with Gasteiger partial charge in [0.25, 0.3) is 0 Å². The Morgan fingerprint density at radius 3 is 1.76 bits per heavy atom. The SMILES string of the molecule is CCC[CH2][Sn](/[CH]=C1\CCCCC1=O)([CH2]CCC)[CH2]CCC.